The number of carboxylic acids is 1. The van der Waals surface area contributed by atoms with E-state index in [4.69, 9.17) is 5.11 Å². The first-order chi connectivity index (χ1) is 9.63. The van der Waals surface area contributed by atoms with E-state index in [0.717, 1.165) is 22.5 Å². The summed E-state index contributed by atoms with van der Waals surface area (Å²) in [5.74, 6) is -0.645. The normalized spacial score (nSPS) is 18.0. The van der Waals surface area contributed by atoms with Gasteiger partial charge in [-0.3, -0.25) is 4.79 Å². The fraction of sp³-hybridized carbons (Fsp3) is 0.214. The molecular weight excluding hydrogens is 276 g/mol. The van der Waals surface area contributed by atoms with Crippen molar-refractivity contribution in [3.8, 4) is 10.6 Å². The number of thiazole rings is 1. The lowest BCUT2D eigenvalue weighted by Crippen LogP contribution is -2.13. The van der Waals surface area contributed by atoms with E-state index in [-0.39, 0.29) is 16.7 Å². The van der Waals surface area contributed by atoms with Crippen molar-refractivity contribution in [3.63, 3.8) is 0 Å². The number of carbonyl (C=O) groups is 2. The lowest BCUT2D eigenvalue weighted by Gasteiger charge is -2.07. The van der Waals surface area contributed by atoms with Gasteiger partial charge >= 0.3 is 5.97 Å². The smallest absolute Gasteiger partial charge is 0.347 e. The Labute approximate surface area is 119 Å². The van der Waals surface area contributed by atoms with Crippen LogP contribution in [0.2, 0.25) is 0 Å². The largest absolute Gasteiger partial charge is 0.477 e. The topological polar surface area (TPSA) is 79.3 Å². The van der Waals surface area contributed by atoms with Gasteiger partial charge in [0, 0.05) is 24.4 Å². The van der Waals surface area contributed by atoms with Crippen LogP contribution >= 0.6 is 11.3 Å². The van der Waals surface area contributed by atoms with Gasteiger partial charge in [0.2, 0.25) is 5.91 Å². The highest BCUT2D eigenvalue weighted by atomic mass is 32.1. The molecule has 1 aromatic carbocycles. The molecule has 1 fully saturated rings. The van der Waals surface area contributed by atoms with Crippen molar-refractivity contribution in [2.75, 3.05) is 6.54 Å². The van der Waals surface area contributed by atoms with Gasteiger partial charge in [-0.2, -0.15) is 0 Å². The molecule has 0 radical (unpaired) electrons. The summed E-state index contributed by atoms with van der Waals surface area (Å²) in [6, 6.07) is 7.79. The van der Waals surface area contributed by atoms with Gasteiger partial charge in [-0.1, -0.05) is 24.3 Å². The summed E-state index contributed by atoms with van der Waals surface area (Å²) < 4.78 is 0. The molecule has 1 aliphatic heterocycles. The number of aromatic nitrogens is 1. The average molecular weight is 288 g/mol. The SMILES string of the molecule is O=C1CC(c2ccc(-c3ncc(C(=O)O)s3)cc2)CN1. The molecule has 1 aliphatic rings. The number of carbonyl (C=O) groups excluding carboxylic acids is 1. The van der Waals surface area contributed by atoms with Gasteiger partial charge in [0.05, 0.1) is 6.20 Å². The maximum absolute atomic E-state index is 11.2. The van der Waals surface area contributed by atoms with Crippen LogP contribution in [-0.4, -0.2) is 28.5 Å². The highest BCUT2D eigenvalue weighted by molar-refractivity contribution is 7.16. The number of nitrogens with zero attached hydrogens (tertiary/aromatic N) is 1. The van der Waals surface area contributed by atoms with Crippen LogP contribution in [-0.2, 0) is 4.79 Å². The van der Waals surface area contributed by atoms with Crippen LogP contribution in [0, 0.1) is 0 Å². The monoisotopic (exact) mass is 288 g/mol. The molecule has 2 aromatic rings. The summed E-state index contributed by atoms with van der Waals surface area (Å²) in [4.78, 5) is 26.4. The zero-order valence-electron chi connectivity index (χ0n) is 10.5. The van der Waals surface area contributed by atoms with Gasteiger partial charge in [-0.15, -0.1) is 11.3 Å². The standard InChI is InChI=1S/C14H12N2O3S/c17-12-5-10(6-15-12)8-1-3-9(4-2-8)13-16-7-11(20-13)14(18)19/h1-4,7,10H,5-6H2,(H,15,17)(H,18,19). The van der Waals surface area contributed by atoms with E-state index in [2.05, 4.69) is 10.3 Å². The van der Waals surface area contributed by atoms with Gasteiger partial charge < -0.3 is 10.4 Å². The van der Waals surface area contributed by atoms with Crippen LogP contribution in [0.3, 0.4) is 0 Å². The summed E-state index contributed by atoms with van der Waals surface area (Å²) in [6.45, 7) is 0.679. The van der Waals surface area contributed by atoms with E-state index in [1.165, 1.54) is 6.20 Å². The summed E-state index contributed by atoms with van der Waals surface area (Å²) in [5, 5.41) is 12.4. The van der Waals surface area contributed by atoms with Gasteiger partial charge in [-0.05, 0) is 5.56 Å². The molecule has 102 valence electrons. The second-order valence-corrected chi connectivity index (χ2v) is 5.69. The molecular formula is C14H12N2O3S. The van der Waals surface area contributed by atoms with E-state index in [1.54, 1.807) is 0 Å². The molecule has 1 saturated heterocycles. The van der Waals surface area contributed by atoms with Crippen molar-refractivity contribution in [2.24, 2.45) is 0 Å². The third kappa shape index (κ3) is 2.42. The van der Waals surface area contributed by atoms with Crippen LogP contribution in [0.15, 0.2) is 30.5 Å². The molecule has 1 unspecified atom stereocenters. The maximum Gasteiger partial charge on any atom is 0.347 e. The predicted molar refractivity (Wildman–Crippen MR) is 74.9 cm³/mol. The Bertz CT molecular complexity index is 663. The third-order valence-corrected chi connectivity index (χ3v) is 4.36. The van der Waals surface area contributed by atoms with Crippen molar-refractivity contribution in [2.45, 2.75) is 12.3 Å². The Morgan fingerprint density at radius 3 is 2.65 bits per heavy atom. The number of hydrogen-bond acceptors (Lipinski definition) is 4. The number of benzene rings is 1. The minimum atomic E-state index is -0.957. The molecule has 2 N–H and O–H groups in total. The number of carboxylic acid groups (broad SMARTS) is 1. The lowest BCUT2D eigenvalue weighted by atomic mass is 9.97. The quantitative estimate of drug-likeness (QED) is 0.906. The molecule has 20 heavy (non-hydrogen) atoms. The molecule has 1 amide bonds. The third-order valence-electron chi connectivity index (χ3n) is 3.32. The van der Waals surface area contributed by atoms with E-state index >= 15 is 0 Å². The zero-order valence-corrected chi connectivity index (χ0v) is 11.3. The molecule has 3 rings (SSSR count). The fourth-order valence-corrected chi connectivity index (χ4v) is 3.01. The van der Waals surface area contributed by atoms with Crippen molar-refractivity contribution in [3.05, 3.63) is 40.9 Å². The van der Waals surface area contributed by atoms with Crippen molar-refractivity contribution in [1.82, 2.24) is 10.3 Å². The zero-order chi connectivity index (χ0) is 14.1. The van der Waals surface area contributed by atoms with Crippen LogP contribution in [0.5, 0.6) is 0 Å². The predicted octanol–water partition coefficient (Wildman–Crippen LogP) is 2.11. The molecule has 1 atom stereocenters. The second kappa shape index (κ2) is 5.05. The number of hydrogen-bond donors (Lipinski definition) is 2. The molecule has 2 heterocycles. The number of nitrogens with one attached hydrogen (secondary N) is 1. The minimum absolute atomic E-state index is 0.0881. The van der Waals surface area contributed by atoms with Gasteiger partial charge in [0.25, 0.3) is 0 Å². The second-order valence-electron chi connectivity index (χ2n) is 4.66. The molecule has 0 bridgehead atoms. The molecule has 0 spiro atoms. The number of rotatable bonds is 3. The number of aromatic carboxylic acids is 1. The van der Waals surface area contributed by atoms with Gasteiger partial charge in [-0.25, -0.2) is 9.78 Å². The Balaban J connectivity index is 1.81. The highest BCUT2D eigenvalue weighted by Gasteiger charge is 2.22. The number of amides is 1. The molecule has 5 nitrogen and oxygen atoms in total. The van der Waals surface area contributed by atoms with Crippen molar-refractivity contribution in [1.29, 1.82) is 0 Å². The van der Waals surface area contributed by atoms with E-state index < -0.39 is 5.97 Å². The lowest BCUT2D eigenvalue weighted by molar-refractivity contribution is -0.119. The minimum Gasteiger partial charge on any atom is -0.477 e. The molecule has 6 heteroatoms. The first-order valence-corrected chi connectivity index (χ1v) is 7.01. The summed E-state index contributed by atoms with van der Waals surface area (Å²) in [6.07, 6.45) is 1.90. The fourth-order valence-electron chi connectivity index (χ4n) is 2.25. The van der Waals surface area contributed by atoms with Crippen LogP contribution in [0.1, 0.15) is 27.6 Å². The highest BCUT2D eigenvalue weighted by Crippen LogP contribution is 2.28. The van der Waals surface area contributed by atoms with Crippen LogP contribution in [0.4, 0.5) is 0 Å². The van der Waals surface area contributed by atoms with E-state index in [0.29, 0.717) is 18.0 Å². The summed E-state index contributed by atoms with van der Waals surface area (Å²) >= 11 is 1.16. The van der Waals surface area contributed by atoms with Gasteiger partial charge in [0.1, 0.15) is 9.88 Å². The maximum atomic E-state index is 11.2. The first kappa shape index (κ1) is 12.8. The van der Waals surface area contributed by atoms with Crippen molar-refractivity contribution < 1.29 is 14.7 Å². The van der Waals surface area contributed by atoms with Crippen molar-refractivity contribution >= 4 is 23.2 Å². The summed E-state index contributed by atoms with van der Waals surface area (Å²) in [7, 11) is 0. The summed E-state index contributed by atoms with van der Waals surface area (Å²) in [5.41, 5.74) is 2.01. The van der Waals surface area contributed by atoms with Crippen LogP contribution in [0.25, 0.3) is 10.6 Å². The van der Waals surface area contributed by atoms with Gasteiger partial charge in [0.15, 0.2) is 0 Å². The van der Waals surface area contributed by atoms with E-state index in [1.807, 2.05) is 24.3 Å². The average Bonchev–Trinajstić information content (AvgIpc) is 3.08. The molecule has 0 aliphatic carbocycles. The Hall–Kier alpha value is -2.21. The Morgan fingerprint density at radius 2 is 2.10 bits per heavy atom. The Morgan fingerprint density at radius 1 is 1.35 bits per heavy atom. The molecule has 0 saturated carbocycles. The molecule has 1 aromatic heterocycles. The first-order valence-electron chi connectivity index (χ1n) is 6.19. The van der Waals surface area contributed by atoms with Crippen LogP contribution < -0.4 is 5.32 Å². The Kier molecular flexibility index (Phi) is 3.23. The van der Waals surface area contributed by atoms with E-state index in [9.17, 15) is 9.59 Å².